The number of aryl methyl sites for hydroxylation is 1. The van der Waals surface area contributed by atoms with Gasteiger partial charge in [-0.25, -0.2) is 13.2 Å². The number of aromatic carboxylic acids is 1. The van der Waals surface area contributed by atoms with E-state index in [0.717, 1.165) is 12.8 Å². The lowest BCUT2D eigenvalue weighted by molar-refractivity contribution is 0.0685. The van der Waals surface area contributed by atoms with Crippen LogP contribution in [0.3, 0.4) is 0 Å². The third kappa shape index (κ3) is 2.15. The minimum Gasteiger partial charge on any atom is -0.477 e. The largest absolute Gasteiger partial charge is 0.477 e. The fourth-order valence-electron chi connectivity index (χ4n) is 1.87. The van der Waals surface area contributed by atoms with Crippen LogP contribution in [0.2, 0.25) is 0 Å². The van der Waals surface area contributed by atoms with E-state index in [-0.39, 0.29) is 16.6 Å². The van der Waals surface area contributed by atoms with E-state index in [9.17, 15) is 13.2 Å². The Kier molecular flexibility index (Phi) is 3.20. The van der Waals surface area contributed by atoms with Gasteiger partial charge in [0.15, 0.2) is 0 Å². The first-order valence-electron chi connectivity index (χ1n) is 5.79. The van der Waals surface area contributed by atoms with Crippen LogP contribution in [0.4, 0.5) is 0 Å². The summed E-state index contributed by atoms with van der Waals surface area (Å²) in [5.74, 6) is -1.12. The molecule has 0 spiro atoms. The minimum absolute atomic E-state index is 0.000252. The lowest BCUT2D eigenvalue weighted by Gasteiger charge is -2.14. The molecule has 0 saturated heterocycles. The summed E-state index contributed by atoms with van der Waals surface area (Å²) in [5, 5.41) is 9.01. The number of carbonyl (C=O) groups is 1. The van der Waals surface area contributed by atoms with E-state index in [1.54, 1.807) is 6.92 Å². The quantitative estimate of drug-likeness (QED) is 0.866. The van der Waals surface area contributed by atoms with Gasteiger partial charge in [-0.05, 0) is 25.8 Å². The molecule has 1 saturated carbocycles. The second-order valence-electron chi connectivity index (χ2n) is 4.40. The molecule has 0 radical (unpaired) electrons. The van der Waals surface area contributed by atoms with Crippen molar-refractivity contribution in [2.75, 3.05) is 7.05 Å². The van der Waals surface area contributed by atoms with E-state index in [1.165, 1.54) is 28.2 Å². The predicted octanol–water partition coefficient (Wildman–Crippen LogP) is 0.989. The molecule has 1 aliphatic rings. The van der Waals surface area contributed by atoms with Crippen molar-refractivity contribution in [3.63, 3.8) is 0 Å². The van der Waals surface area contributed by atoms with E-state index >= 15 is 0 Å². The highest BCUT2D eigenvalue weighted by Crippen LogP contribution is 2.30. The second kappa shape index (κ2) is 4.40. The van der Waals surface area contributed by atoms with Gasteiger partial charge in [-0.15, -0.1) is 0 Å². The van der Waals surface area contributed by atoms with Gasteiger partial charge in [0.1, 0.15) is 10.6 Å². The zero-order valence-electron chi connectivity index (χ0n) is 10.3. The molecule has 1 aliphatic carbocycles. The number of carboxylic acid groups (broad SMARTS) is 1. The van der Waals surface area contributed by atoms with Crippen LogP contribution in [0.5, 0.6) is 0 Å². The molecule has 6 nitrogen and oxygen atoms in total. The lowest BCUT2D eigenvalue weighted by atomic mass is 10.4. The molecule has 0 aromatic carbocycles. The fourth-order valence-corrected chi connectivity index (χ4v) is 3.32. The Bertz CT molecular complexity index is 572. The van der Waals surface area contributed by atoms with E-state index in [1.807, 2.05) is 0 Å². The van der Waals surface area contributed by atoms with Crippen molar-refractivity contribution in [3.05, 3.63) is 18.0 Å². The number of nitrogens with zero attached hydrogens (tertiary/aromatic N) is 2. The number of sulfonamides is 1. The van der Waals surface area contributed by atoms with Gasteiger partial charge in [-0.3, -0.25) is 0 Å². The van der Waals surface area contributed by atoms with E-state index in [0.29, 0.717) is 6.54 Å². The van der Waals surface area contributed by atoms with Gasteiger partial charge in [0, 0.05) is 25.8 Å². The third-order valence-corrected chi connectivity index (χ3v) is 5.04. The first-order valence-corrected chi connectivity index (χ1v) is 7.23. The Morgan fingerprint density at radius 1 is 1.56 bits per heavy atom. The molecule has 0 bridgehead atoms. The van der Waals surface area contributed by atoms with Crippen LogP contribution in [-0.4, -0.2) is 41.5 Å². The van der Waals surface area contributed by atoms with Crippen molar-refractivity contribution in [1.29, 1.82) is 0 Å². The minimum atomic E-state index is -3.57. The predicted molar refractivity (Wildman–Crippen MR) is 65.0 cm³/mol. The first-order chi connectivity index (χ1) is 8.37. The van der Waals surface area contributed by atoms with Gasteiger partial charge in [-0.2, -0.15) is 4.31 Å². The van der Waals surface area contributed by atoms with E-state index in [4.69, 9.17) is 5.11 Å². The SMILES string of the molecule is CCn1cc(S(=O)(=O)N(C)C2CC2)cc1C(=O)O. The van der Waals surface area contributed by atoms with E-state index in [2.05, 4.69) is 0 Å². The van der Waals surface area contributed by atoms with Crippen LogP contribution in [0.15, 0.2) is 17.2 Å². The van der Waals surface area contributed by atoms with Crippen molar-refractivity contribution >= 4 is 16.0 Å². The molecule has 1 aromatic heterocycles. The molecule has 18 heavy (non-hydrogen) atoms. The summed E-state index contributed by atoms with van der Waals surface area (Å²) in [6.45, 7) is 2.19. The molecule has 1 N–H and O–H groups in total. The van der Waals surface area contributed by atoms with Crippen molar-refractivity contribution in [1.82, 2.24) is 8.87 Å². The molecule has 1 heterocycles. The number of hydrogen-bond acceptors (Lipinski definition) is 3. The molecule has 0 unspecified atom stereocenters. The Morgan fingerprint density at radius 2 is 2.17 bits per heavy atom. The molecular weight excluding hydrogens is 256 g/mol. The fraction of sp³-hybridized carbons (Fsp3) is 0.545. The number of aromatic nitrogens is 1. The van der Waals surface area contributed by atoms with Crippen LogP contribution < -0.4 is 0 Å². The van der Waals surface area contributed by atoms with Crippen LogP contribution in [0.25, 0.3) is 0 Å². The van der Waals surface area contributed by atoms with Crippen LogP contribution in [0, 0.1) is 0 Å². The van der Waals surface area contributed by atoms with Gasteiger partial charge in [-0.1, -0.05) is 0 Å². The number of rotatable bonds is 5. The summed E-state index contributed by atoms with van der Waals surface area (Å²) in [5.41, 5.74) is 0.000252. The second-order valence-corrected chi connectivity index (χ2v) is 6.40. The smallest absolute Gasteiger partial charge is 0.352 e. The molecule has 7 heteroatoms. The summed E-state index contributed by atoms with van der Waals surface area (Å²) in [6, 6.07) is 1.29. The normalized spacial score (nSPS) is 16.2. The number of hydrogen-bond donors (Lipinski definition) is 1. The Balaban J connectivity index is 2.41. The maximum atomic E-state index is 12.2. The summed E-state index contributed by atoms with van der Waals surface area (Å²) in [4.78, 5) is 11.1. The molecule has 0 aliphatic heterocycles. The van der Waals surface area contributed by atoms with Crippen molar-refractivity contribution in [2.45, 2.75) is 37.2 Å². The maximum absolute atomic E-state index is 12.2. The Morgan fingerprint density at radius 3 is 2.56 bits per heavy atom. The monoisotopic (exact) mass is 272 g/mol. The van der Waals surface area contributed by atoms with Crippen molar-refractivity contribution in [2.24, 2.45) is 0 Å². The molecule has 2 rings (SSSR count). The molecular formula is C11H16N2O4S. The van der Waals surface area contributed by atoms with Crippen LogP contribution >= 0.6 is 0 Å². The lowest BCUT2D eigenvalue weighted by Crippen LogP contribution is -2.28. The van der Waals surface area contributed by atoms with Crippen LogP contribution in [-0.2, 0) is 16.6 Å². The number of carboxylic acids is 1. The zero-order chi connectivity index (χ0) is 13.5. The topological polar surface area (TPSA) is 79.6 Å². The molecule has 1 aromatic rings. The summed E-state index contributed by atoms with van der Waals surface area (Å²) in [7, 11) is -2.03. The average Bonchev–Trinajstić information content (AvgIpc) is 3.05. The van der Waals surface area contributed by atoms with Gasteiger partial charge in [0.2, 0.25) is 10.0 Å². The first kappa shape index (κ1) is 13.1. The highest BCUT2D eigenvalue weighted by molar-refractivity contribution is 7.89. The standard InChI is InChI=1S/C11H16N2O4S/c1-3-13-7-9(6-10(13)11(14)15)18(16,17)12(2)8-4-5-8/h6-8H,3-5H2,1-2H3,(H,14,15). The molecule has 1 fully saturated rings. The van der Waals surface area contributed by atoms with Crippen molar-refractivity contribution in [3.8, 4) is 0 Å². The Hall–Kier alpha value is -1.34. The van der Waals surface area contributed by atoms with Gasteiger partial charge in [0.05, 0.1) is 0 Å². The highest BCUT2D eigenvalue weighted by atomic mass is 32.2. The van der Waals surface area contributed by atoms with Gasteiger partial charge < -0.3 is 9.67 Å². The van der Waals surface area contributed by atoms with E-state index < -0.39 is 16.0 Å². The highest BCUT2D eigenvalue weighted by Gasteiger charge is 2.36. The zero-order valence-corrected chi connectivity index (χ0v) is 11.1. The molecule has 0 atom stereocenters. The van der Waals surface area contributed by atoms with Crippen molar-refractivity contribution < 1.29 is 18.3 Å². The molecule has 100 valence electrons. The van der Waals surface area contributed by atoms with Gasteiger partial charge in [0.25, 0.3) is 0 Å². The third-order valence-electron chi connectivity index (χ3n) is 3.17. The van der Waals surface area contributed by atoms with Crippen LogP contribution in [0.1, 0.15) is 30.3 Å². The maximum Gasteiger partial charge on any atom is 0.352 e. The Labute approximate surface area is 106 Å². The van der Waals surface area contributed by atoms with Gasteiger partial charge >= 0.3 is 5.97 Å². The molecule has 0 amide bonds. The summed E-state index contributed by atoms with van der Waals surface area (Å²) >= 11 is 0. The summed E-state index contributed by atoms with van der Waals surface area (Å²) in [6.07, 6.45) is 3.13. The summed E-state index contributed by atoms with van der Waals surface area (Å²) < 4.78 is 27.2. The average molecular weight is 272 g/mol.